The summed E-state index contributed by atoms with van der Waals surface area (Å²) in [5, 5.41) is 15.3. The molecule has 12 heteroatoms. The highest BCUT2D eigenvalue weighted by atomic mass is 32.2. The third kappa shape index (κ3) is 5.19. The van der Waals surface area contributed by atoms with Crippen LogP contribution in [0.3, 0.4) is 0 Å². The number of anilines is 1. The van der Waals surface area contributed by atoms with Gasteiger partial charge in [-0.1, -0.05) is 23.9 Å². The van der Waals surface area contributed by atoms with Crippen molar-refractivity contribution >= 4 is 23.4 Å². The molecule has 166 valence electrons. The summed E-state index contributed by atoms with van der Waals surface area (Å²) in [6.07, 6.45) is -2.76. The summed E-state index contributed by atoms with van der Waals surface area (Å²) in [6.45, 7) is 4.88. The van der Waals surface area contributed by atoms with E-state index in [0.29, 0.717) is 35.6 Å². The molecule has 1 aromatic carbocycles. The summed E-state index contributed by atoms with van der Waals surface area (Å²) in [6, 6.07) is 4.83. The van der Waals surface area contributed by atoms with Crippen LogP contribution in [0.15, 0.2) is 35.6 Å². The van der Waals surface area contributed by atoms with Crippen LogP contribution in [0, 0.1) is 0 Å². The number of ether oxygens (including phenoxy) is 1. The van der Waals surface area contributed by atoms with Crippen LogP contribution in [-0.2, 0) is 24.6 Å². The van der Waals surface area contributed by atoms with Gasteiger partial charge >= 0.3 is 6.18 Å². The van der Waals surface area contributed by atoms with Crippen LogP contribution in [0.25, 0.3) is 11.4 Å². The Kier molecular flexibility index (Phi) is 6.88. The van der Waals surface area contributed by atoms with Gasteiger partial charge in [-0.2, -0.15) is 13.2 Å². The van der Waals surface area contributed by atoms with Gasteiger partial charge in [-0.15, -0.1) is 15.3 Å². The van der Waals surface area contributed by atoms with E-state index in [9.17, 15) is 18.0 Å². The summed E-state index contributed by atoms with van der Waals surface area (Å²) in [7, 11) is 1.73. The number of amides is 1. The van der Waals surface area contributed by atoms with E-state index < -0.39 is 17.6 Å². The Balaban J connectivity index is 1.72. The number of rotatable bonds is 8. The van der Waals surface area contributed by atoms with Gasteiger partial charge in [-0.25, -0.2) is 0 Å². The lowest BCUT2D eigenvalue weighted by Gasteiger charge is -2.13. The summed E-state index contributed by atoms with van der Waals surface area (Å²) in [5.74, 6) is 0.219. The third-order valence-corrected chi connectivity index (χ3v) is 5.27. The van der Waals surface area contributed by atoms with Crippen molar-refractivity contribution in [3.8, 4) is 17.3 Å². The lowest BCUT2D eigenvalue weighted by atomic mass is 10.1. The Hall–Kier alpha value is -3.02. The molecule has 3 rings (SSSR count). The fraction of sp³-hybridized carbons (Fsp3) is 0.368. The Morgan fingerprint density at radius 1 is 1.23 bits per heavy atom. The van der Waals surface area contributed by atoms with Crippen LogP contribution >= 0.6 is 11.8 Å². The van der Waals surface area contributed by atoms with E-state index in [0.717, 1.165) is 17.8 Å². The third-order valence-electron chi connectivity index (χ3n) is 4.25. The fourth-order valence-electron chi connectivity index (χ4n) is 2.79. The molecule has 0 fully saturated rings. The van der Waals surface area contributed by atoms with E-state index in [1.807, 2.05) is 13.8 Å². The molecule has 1 amide bonds. The van der Waals surface area contributed by atoms with Gasteiger partial charge in [0.1, 0.15) is 5.56 Å². The van der Waals surface area contributed by atoms with Crippen LogP contribution in [0.4, 0.5) is 18.9 Å². The molecular formula is C19H21F3N6O2S. The average Bonchev–Trinajstić information content (AvgIpc) is 3.29. The number of halogens is 3. The number of thioether (sulfide) groups is 1. The maximum Gasteiger partial charge on any atom is 0.418 e. The molecule has 0 atom stereocenters. The molecule has 0 spiro atoms. The van der Waals surface area contributed by atoms with Crippen molar-refractivity contribution < 1.29 is 22.7 Å². The second kappa shape index (κ2) is 9.41. The van der Waals surface area contributed by atoms with Crippen LogP contribution in [0.2, 0.25) is 0 Å². The predicted molar refractivity (Wildman–Crippen MR) is 110 cm³/mol. The number of benzene rings is 1. The maximum atomic E-state index is 13.1. The van der Waals surface area contributed by atoms with Crippen molar-refractivity contribution in [1.82, 2.24) is 24.5 Å². The number of nitrogens with one attached hydrogen (secondary N) is 1. The molecular weight excluding hydrogens is 433 g/mol. The van der Waals surface area contributed by atoms with Crippen molar-refractivity contribution in [3.63, 3.8) is 0 Å². The van der Waals surface area contributed by atoms with Gasteiger partial charge in [0, 0.05) is 19.8 Å². The number of hydrogen-bond acceptors (Lipinski definition) is 6. The smallest absolute Gasteiger partial charge is 0.418 e. The average molecular weight is 454 g/mol. The number of aromatic nitrogens is 5. The van der Waals surface area contributed by atoms with Gasteiger partial charge in [0.25, 0.3) is 0 Å². The molecule has 31 heavy (non-hydrogen) atoms. The number of hydrogen-bond donors (Lipinski definition) is 1. The van der Waals surface area contributed by atoms with Crippen LogP contribution in [-0.4, -0.2) is 42.8 Å². The van der Waals surface area contributed by atoms with Crippen molar-refractivity contribution in [1.29, 1.82) is 0 Å². The van der Waals surface area contributed by atoms with Gasteiger partial charge in [0.2, 0.25) is 11.8 Å². The van der Waals surface area contributed by atoms with E-state index in [2.05, 4.69) is 20.6 Å². The highest BCUT2D eigenvalue weighted by Gasteiger charge is 2.33. The number of para-hydroxylation sites is 1. The van der Waals surface area contributed by atoms with Gasteiger partial charge < -0.3 is 14.6 Å². The number of alkyl halides is 3. The Morgan fingerprint density at radius 3 is 2.65 bits per heavy atom. The molecule has 0 aliphatic carbocycles. The molecule has 0 bridgehead atoms. The number of nitrogens with zero attached hydrogens (tertiary/aromatic N) is 5. The quantitative estimate of drug-likeness (QED) is 0.521. The molecule has 0 saturated heterocycles. The molecule has 0 unspecified atom stereocenters. The lowest BCUT2D eigenvalue weighted by molar-refractivity contribution is -0.137. The van der Waals surface area contributed by atoms with E-state index >= 15 is 0 Å². The largest absolute Gasteiger partial charge is 0.476 e. The normalized spacial score (nSPS) is 11.5. The molecule has 3 aromatic rings. The van der Waals surface area contributed by atoms with Crippen LogP contribution < -0.4 is 10.1 Å². The summed E-state index contributed by atoms with van der Waals surface area (Å²) in [5.41, 5.74) is -0.521. The number of carbonyl (C=O) groups is 1. The van der Waals surface area contributed by atoms with Crippen molar-refractivity contribution in [2.45, 2.75) is 31.7 Å². The summed E-state index contributed by atoms with van der Waals surface area (Å²) < 4.78 is 48.2. The minimum absolute atomic E-state index is 0.134. The first kappa shape index (κ1) is 22.7. The lowest BCUT2D eigenvalue weighted by Crippen LogP contribution is -2.18. The zero-order valence-corrected chi connectivity index (χ0v) is 17.9. The second-order valence-electron chi connectivity index (χ2n) is 6.38. The zero-order valence-electron chi connectivity index (χ0n) is 17.1. The molecule has 2 heterocycles. The first-order valence-electron chi connectivity index (χ1n) is 9.43. The van der Waals surface area contributed by atoms with E-state index in [4.69, 9.17) is 4.74 Å². The molecule has 0 aliphatic heterocycles. The standard InChI is InChI=1S/C19H21F3N6O2S/c1-4-28-10-12(17(26-28)30-5-2)16-24-25-18(27(16)3)31-11-15(29)23-14-9-7-6-8-13(14)19(20,21)22/h6-10H,4-5,11H2,1-3H3,(H,23,29). The highest BCUT2D eigenvalue weighted by molar-refractivity contribution is 7.99. The first-order chi connectivity index (χ1) is 14.7. The first-order valence-corrected chi connectivity index (χ1v) is 10.4. The van der Waals surface area contributed by atoms with Gasteiger partial charge in [-0.05, 0) is 26.0 Å². The minimum Gasteiger partial charge on any atom is -0.476 e. The minimum atomic E-state index is -4.56. The van der Waals surface area contributed by atoms with Crippen molar-refractivity contribution in [2.75, 3.05) is 17.7 Å². The monoisotopic (exact) mass is 454 g/mol. The molecule has 2 aromatic heterocycles. The number of aryl methyl sites for hydroxylation is 1. The highest BCUT2D eigenvalue weighted by Crippen LogP contribution is 2.35. The molecule has 0 aliphatic rings. The van der Waals surface area contributed by atoms with Gasteiger partial charge in [-0.3, -0.25) is 9.48 Å². The topological polar surface area (TPSA) is 86.9 Å². The van der Waals surface area contributed by atoms with Crippen LogP contribution in [0.5, 0.6) is 5.88 Å². The van der Waals surface area contributed by atoms with Gasteiger partial charge in [0.05, 0.1) is 23.6 Å². The van der Waals surface area contributed by atoms with Crippen molar-refractivity contribution in [3.05, 3.63) is 36.0 Å². The van der Waals surface area contributed by atoms with E-state index in [-0.39, 0.29) is 11.4 Å². The number of carbonyl (C=O) groups excluding carboxylic acids is 1. The zero-order chi connectivity index (χ0) is 22.6. The van der Waals surface area contributed by atoms with E-state index in [1.54, 1.807) is 22.5 Å². The van der Waals surface area contributed by atoms with Crippen LogP contribution in [0.1, 0.15) is 19.4 Å². The predicted octanol–water partition coefficient (Wildman–Crippen LogP) is 3.85. The molecule has 1 N–H and O–H groups in total. The fourth-order valence-corrected chi connectivity index (χ4v) is 3.50. The molecule has 0 radical (unpaired) electrons. The Morgan fingerprint density at radius 2 is 1.97 bits per heavy atom. The van der Waals surface area contributed by atoms with Gasteiger partial charge in [0.15, 0.2) is 11.0 Å². The SMILES string of the molecule is CCOc1nn(CC)cc1-c1nnc(SCC(=O)Nc2ccccc2C(F)(F)F)n1C. The summed E-state index contributed by atoms with van der Waals surface area (Å²) >= 11 is 1.06. The maximum absolute atomic E-state index is 13.1. The Labute approximate surface area is 180 Å². The molecule has 0 saturated carbocycles. The molecule has 8 nitrogen and oxygen atoms in total. The van der Waals surface area contributed by atoms with Crippen molar-refractivity contribution in [2.24, 2.45) is 7.05 Å². The Bertz CT molecular complexity index is 1060. The summed E-state index contributed by atoms with van der Waals surface area (Å²) in [4.78, 5) is 12.2. The second-order valence-corrected chi connectivity index (χ2v) is 7.32. The van der Waals surface area contributed by atoms with E-state index in [1.165, 1.54) is 18.2 Å².